The van der Waals surface area contributed by atoms with Crippen LogP contribution in [-0.2, 0) is 0 Å². The SMILES string of the molecule is C/C(=N\NC(=O)c1ccc([N+](=O)[O-])c(C)c1)c1ccc(NC(=O)c2ccc(Cl)s2)cc1. The van der Waals surface area contributed by atoms with Gasteiger partial charge < -0.3 is 5.32 Å². The van der Waals surface area contributed by atoms with Gasteiger partial charge in [0, 0.05) is 22.9 Å². The first-order valence-electron chi connectivity index (χ1n) is 9.01. The van der Waals surface area contributed by atoms with E-state index in [1.807, 2.05) is 0 Å². The number of thiophene rings is 1. The van der Waals surface area contributed by atoms with Crippen LogP contribution in [-0.4, -0.2) is 22.4 Å². The average molecular weight is 457 g/mol. The summed E-state index contributed by atoms with van der Waals surface area (Å²) in [5.74, 6) is -0.725. The predicted octanol–water partition coefficient (Wildman–Crippen LogP) is 5.02. The topological polar surface area (TPSA) is 114 Å². The highest BCUT2D eigenvalue weighted by Crippen LogP contribution is 2.22. The Morgan fingerprint density at radius 3 is 2.29 bits per heavy atom. The van der Waals surface area contributed by atoms with Crippen LogP contribution in [0.4, 0.5) is 11.4 Å². The van der Waals surface area contributed by atoms with Crippen molar-refractivity contribution in [2.45, 2.75) is 13.8 Å². The highest BCUT2D eigenvalue weighted by Gasteiger charge is 2.14. The van der Waals surface area contributed by atoms with Crippen LogP contribution in [0.5, 0.6) is 0 Å². The van der Waals surface area contributed by atoms with Crippen LogP contribution in [0.2, 0.25) is 4.34 Å². The number of halogens is 1. The molecule has 3 aromatic rings. The van der Waals surface area contributed by atoms with Gasteiger partial charge in [-0.3, -0.25) is 19.7 Å². The van der Waals surface area contributed by atoms with Gasteiger partial charge in [-0.1, -0.05) is 23.7 Å². The van der Waals surface area contributed by atoms with E-state index in [-0.39, 0.29) is 17.2 Å². The molecule has 0 radical (unpaired) electrons. The number of hydrazone groups is 1. The van der Waals surface area contributed by atoms with E-state index in [2.05, 4.69) is 15.8 Å². The lowest BCUT2D eigenvalue weighted by molar-refractivity contribution is -0.385. The van der Waals surface area contributed by atoms with Gasteiger partial charge >= 0.3 is 0 Å². The van der Waals surface area contributed by atoms with Crippen molar-refractivity contribution < 1.29 is 14.5 Å². The van der Waals surface area contributed by atoms with Crippen molar-refractivity contribution in [3.05, 3.63) is 90.6 Å². The van der Waals surface area contributed by atoms with E-state index in [1.54, 1.807) is 50.2 Å². The number of anilines is 1. The molecule has 1 heterocycles. The fourth-order valence-electron chi connectivity index (χ4n) is 2.69. The molecule has 0 atom stereocenters. The molecule has 1 aromatic heterocycles. The Morgan fingerprint density at radius 1 is 1.03 bits per heavy atom. The quantitative estimate of drug-likeness (QED) is 0.307. The van der Waals surface area contributed by atoms with Gasteiger partial charge in [0.25, 0.3) is 17.5 Å². The van der Waals surface area contributed by atoms with Gasteiger partial charge in [-0.2, -0.15) is 5.10 Å². The van der Waals surface area contributed by atoms with Crippen LogP contribution in [0, 0.1) is 17.0 Å². The minimum absolute atomic E-state index is 0.0504. The Kier molecular flexibility index (Phi) is 6.78. The monoisotopic (exact) mass is 456 g/mol. The van der Waals surface area contributed by atoms with Crippen molar-refractivity contribution in [3.8, 4) is 0 Å². The molecule has 3 rings (SSSR count). The first-order valence-corrected chi connectivity index (χ1v) is 10.2. The number of nitro benzene ring substituents is 1. The molecular formula is C21H17ClN4O4S. The second-order valence-corrected chi connectivity index (χ2v) is 8.25. The number of hydrogen-bond acceptors (Lipinski definition) is 6. The molecule has 8 nitrogen and oxygen atoms in total. The minimum atomic E-state index is -0.499. The molecule has 0 unspecified atom stereocenters. The fraction of sp³-hybridized carbons (Fsp3) is 0.0952. The van der Waals surface area contributed by atoms with Gasteiger partial charge in [0.15, 0.2) is 0 Å². The molecule has 0 aliphatic rings. The van der Waals surface area contributed by atoms with Crippen molar-refractivity contribution in [1.82, 2.24) is 5.43 Å². The molecule has 0 saturated heterocycles. The number of rotatable bonds is 6. The molecule has 2 amide bonds. The summed E-state index contributed by atoms with van der Waals surface area (Å²) in [7, 11) is 0. The van der Waals surface area contributed by atoms with Crippen LogP contribution in [0.1, 0.15) is 38.1 Å². The highest BCUT2D eigenvalue weighted by molar-refractivity contribution is 7.18. The molecule has 0 fully saturated rings. The summed E-state index contributed by atoms with van der Waals surface area (Å²) >= 11 is 7.04. The minimum Gasteiger partial charge on any atom is -0.321 e. The first kappa shape index (κ1) is 22.1. The van der Waals surface area contributed by atoms with Crippen molar-refractivity contribution in [2.75, 3.05) is 5.32 Å². The lowest BCUT2D eigenvalue weighted by atomic mass is 10.1. The van der Waals surface area contributed by atoms with E-state index in [4.69, 9.17) is 11.6 Å². The lowest BCUT2D eigenvalue weighted by Crippen LogP contribution is -2.19. The standard InChI is InChI=1S/C21H17ClN4O4S/c1-12-11-15(5-8-17(12)26(29)30)20(27)25-24-13(2)14-3-6-16(7-4-14)23-21(28)18-9-10-19(22)31-18/h3-11H,1-2H3,(H,23,28)(H,25,27)/b24-13+. The highest BCUT2D eigenvalue weighted by atomic mass is 35.5. The van der Waals surface area contributed by atoms with E-state index in [0.717, 1.165) is 5.56 Å². The number of carbonyl (C=O) groups is 2. The van der Waals surface area contributed by atoms with Gasteiger partial charge in [-0.25, -0.2) is 5.43 Å². The number of aryl methyl sites for hydroxylation is 1. The molecule has 0 aliphatic carbocycles. The van der Waals surface area contributed by atoms with Crippen molar-refractivity contribution in [3.63, 3.8) is 0 Å². The summed E-state index contributed by atoms with van der Waals surface area (Å²) in [5.41, 5.74) is 4.96. The zero-order valence-electron chi connectivity index (χ0n) is 16.5. The van der Waals surface area contributed by atoms with E-state index in [0.29, 0.717) is 26.2 Å². The van der Waals surface area contributed by atoms with Crippen molar-refractivity contribution >= 4 is 51.8 Å². The van der Waals surface area contributed by atoms with Crippen LogP contribution in [0.3, 0.4) is 0 Å². The maximum absolute atomic E-state index is 12.3. The number of carbonyl (C=O) groups excluding carboxylic acids is 2. The zero-order chi connectivity index (χ0) is 22.5. The van der Waals surface area contributed by atoms with E-state index in [1.165, 1.54) is 29.5 Å². The second-order valence-electron chi connectivity index (χ2n) is 6.53. The second kappa shape index (κ2) is 9.50. The molecule has 0 aliphatic heterocycles. The summed E-state index contributed by atoms with van der Waals surface area (Å²) < 4.78 is 0.540. The van der Waals surface area contributed by atoms with Gasteiger partial charge in [0.05, 0.1) is 19.8 Å². The number of benzene rings is 2. The third kappa shape index (κ3) is 5.53. The molecule has 0 saturated carbocycles. The number of hydrogen-bond donors (Lipinski definition) is 2. The average Bonchev–Trinajstić information content (AvgIpc) is 3.18. The van der Waals surface area contributed by atoms with E-state index in [9.17, 15) is 19.7 Å². The van der Waals surface area contributed by atoms with Crippen LogP contribution in [0.15, 0.2) is 59.7 Å². The number of nitrogens with zero attached hydrogens (tertiary/aromatic N) is 2. The molecule has 0 spiro atoms. The third-order valence-electron chi connectivity index (χ3n) is 4.34. The molecule has 2 aromatic carbocycles. The molecule has 10 heteroatoms. The Labute approximate surface area is 186 Å². The molecule has 31 heavy (non-hydrogen) atoms. The summed E-state index contributed by atoms with van der Waals surface area (Å²) in [6, 6.07) is 14.4. The predicted molar refractivity (Wildman–Crippen MR) is 121 cm³/mol. The number of nitrogens with one attached hydrogen (secondary N) is 2. The largest absolute Gasteiger partial charge is 0.321 e. The van der Waals surface area contributed by atoms with Crippen LogP contribution >= 0.6 is 22.9 Å². The van der Waals surface area contributed by atoms with E-state index >= 15 is 0 Å². The lowest BCUT2D eigenvalue weighted by Gasteiger charge is -2.06. The summed E-state index contributed by atoms with van der Waals surface area (Å²) in [4.78, 5) is 35.4. The third-order valence-corrected chi connectivity index (χ3v) is 5.57. The Hall–Kier alpha value is -3.56. The zero-order valence-corrected chi connectivity index (χ0v) is 18.1. The molecule has 158 valence electrons. The number of nitro groups is 1. The van der Waals surface area contributed by atoms with Crippen LogP contribution < -0.4 is 10.7 Å². The Morgan fingerprint density at radius 2 is 1.71 bits per heavy atom. The Balaban J connectivity index is 1.63. The van der Waals surface area contributed by atoms with Crippen LogP contribution in [0.25, 0.3) is 0 Å². The Bertz CT molecular complexity index is 1190. The van der Waals surface area contributed by atoms with Crippen molar-refractivity contribution in [1.29, 1.82) is 0 Å². The summed E-state index contributed by atoms with van der Waals surface area (Å²) in [6.45, 7) is 3.29. The van der Waals surface area contributed by atoms with Gasteiger partial charge in [-0.05, 0) is 55.8 Å². The van der Waals surface area contributed by atoms with Crippen molar-refractivity contribution in [2.24, 2.45) is 5.10 Å². The summed E-state index contributed by atoms with van der Waals surface area (Å²) in [5, 5.41) is 17.8. The molecule has 0 bridgehead atoms. The maximum atomic E-state index is 12.3. The van der Waals surface area contributed by atoms with Gasteiger partial charge in [-0.15, -0.1) is 11.3 Å². The smallest absolute Gasteiger partial charge is 0.272 e. The maximum Gasteiger partial charge on any atom is 0.272 e. The van der Waals surface area contributed by atoms with E-state index < -0.39 is 10.8 Å². The molecular weight excluding hydrogens is 440 g/mol. The number of amides is 2. The summed E-state index contributed by atoms with van der Waals surface area (Å²) in [6.07, 6.45) is 0. The molecule has 2 N–H and O–H groups in total. The van der Waals surface area contributed by atoms with Gasteiger partial charge in [0.2, 0.25) is 0 Å². The first-order chi connectivity index (χ1) is 14.7. The normalized spacial score (nSPS) is 11.1. The van der Waals surface area contributed by atoms with Gasteiger partial charge in [0.1, 0.15) is 0 Å². The fourth-order valence-corrected chi connectivity index (χ4v) is 3.63.